The third-order valence-electron chi connectivity index (χ3n) is 6.78. The topological polar surface area (TPSA) is 41.6 Å². The van der Waals surface area contributed by atoms with E-state index in [2.05, 4.69) is 24.1 Å². The van der Waals surface area contributed by atoms with Crippen LogP contribution in [-0.2, 0) is 9.53 Å². The molecular formula is C21H38N2O2. The van der Waals surface area contributed by atoms with Crippen LogP contribution in [0.25, 0.3) is 0 Å². The first-order chi connectivity index (χ1) is 12.1. The molecule has 1 N–H and O–H groups in total. The fourth-order valence-corrected chi connectivity index (χ4v) is 4.87. The van der Waals surface area contributed by atoms with Gasteiger partial charge in [-0.05, 0) is 51.4 Å². The molecule has 2 aliphatic carbocycles. The molecule has 1 amide bonds. The number of carbonyl (C=O) groups excluding carboxylic acids is 1. The predicted octanol–water partition coefficient (Wildman–Crippen LogP) is 3.88. The van der Waals surface area contributed by atoms with Crippen molar-refractivity contribution in [3.05, 3.63) is 0 Å². The van der Waals surface area contributed by atoms with Crippen molar-refractivity contribution >= 4 is 5.91 Å². The molecule has 0 bridgehead atoms. The average molecular weight is 351 g/mol. The highest BCUT2D eigenvalue weighted by atomic mass is 16.5. The molecule has 1 aliphatic heterocycles. The normalized spacial score (nSPS) is 31.6. The fraction of sp³-hybridized carbons (Fsp3) is 0.952. The summed E-state index contributed by atoms with van der Waals surface area (Å²) in [6.45, 7) is 6.34. The van der Waals surface area contributed by atoms with Gasteiger partial charge in [0.2, 0.25) is 5.91 Å². The van der Waals surface area contributed by atoms with Crippen LogP contribution in [0.2, 0.25) is 0 Å². The number of ether oxygens (including phenoxy) is 1. The van der Waals surface area contributed by atoms with Crippen molar-refractivity contribution in [1.82, 2.24) is 10.2 Å². The highest BCUT2D eigenvalue weighted by Gasteiger charge is 2.30. The number of nitrogens with zero attached hydrogens (tertiary/aromatic N) is 1. The second-order valence-corrected chi connectivity index (χ2v) is 8.68. The minimum atomic E-state index is -0.00948. The fourth-order valence-electron chi connectivity index (χ4n) is 4.87. The van der Waals surface area contributed by atoms with Crippen molar-refractivity contribution in [3.63, 3.8) is 0 Å². The molecule has 0 aromatic carbocycles. The SMILES string of the molecule is CC1CCCCC1NC(=O)C(C)N1CCC(OC2CCCCC2)CC1. The Labute approximate surface area is 154 Å². The van der Waals surface area contributed by atoms with Crippen LogP contribution < -0.4 is 5.32 Å². The van der Waals surface area contributed by atoms with Gasteiger partial charge in [-0.15, -0.1) is 0 Å². The van der Waals surface area contributed by atoms with E-state index in [9.17, 15) is 4.79 Å². The number of likely N-dealkylation sites (tertiary alicyclic amines) is 1. The highest BCUT2D eigenvalue weighted by Crippen LogP contribution is 2.26. The van der Waals surface area contributed by atoms with E-state index in [1.807, 2.05) is 0 Å². The Bertz CT molecular complexity index is 414. The Morgan fingerprint density at radius 1 is 0.920 bits per heavy atom. The smallest absolute Gasteiger partial charge is 0.237 e. The maximum absolute atomic E-state index is 12.7. The van der Waals surface area contributed by atoms with Gasteiger partial charge in [0.15, 0.2) is 0 Å². The molecule has 1 saturated heterocycles. The molecule has 0 aromatic heterocycles. The minimum Gasteiger partial charge on any atom is -0.375 e. The molecule has 25 heavy (non-hydrogen) atoms. The molecular weight excluding hydrogens is 312 g/mol. The monoisotopic (exact) mass is 350 g/mol. The molecule has 3 fully saturated rings. The van der Waals surface area contributed by atoms with E-state index in [0.717, 1.165) is 32.4 Å². The molecule has 2 saturated carbocycles. The first-order valence-corrected chi connectivity index (χ1v) is 10.8. The molecule has 4 nitrogen and oxygen atoms in total. The van der Waals surface area contributed by atoms with Crippen LogP contribution in [0.15, 0.2) is 0 Å². The largest absolute Gasteiger partial charge is 0.375 e. The zero-order valence-corrected chi connectivity index (χ0v) is 16.3. The molecule has 3 aliphatic rings. The van der Waals surface area contributed by atoms with Crippen molar-refractivity contribution in [2.75, 3.05) is 13.1 Å². The molecule has 3 atom stereocenters. The Kier molecular flexibility index (Phi) is 7.18. The van der Waals surface area contributed by atoms with Crippen LogP contribution in [0.4, 0.5) is 0 Å². The van der Waals surface area contributed by atoms with Crippen molar-refractivity contribution in [3.8, 4) is 0 Å². The number of hydrogen-bond donors (Lipinski definition) is 1. The number of amides is 1. The zero-order valence-electron chi connectivity index (χ0n) is 16.3. The van der Waals surface area contributed by atoms with Crippen LogP contribution >= 0.6 is 0 Å². The molecule has 4 heteroatoms. The second kappa shape index (κ2) is 9.36. The molecule has 0 radical (unpaired) electrons. The summed E-state index contributed by atoms with van der Waals surface area (Å²) in [4.78, 5) is 15.0. The minimum absolute atomic E-state index is 0.00948. The second-order valence-electron chi connectivity index (χ2n) is 8.68. The molecule has 144 valence electrons. The van der Waals surface area contributed by atoms with Gasteiger partial charge in [0, 0.05) is 19.1 Å². The van der Waals surface area contributed by atoms with E-state index in [4.69, 9.17) is 4.74 Å². The van der Waals surface area contributed by atoms with Crippen LogP contribution in [0.3, 0.4) is 0 Å². The van der Waals surface area contributed by atoms with Gasteiger partial charge in [0.1, 0.15) is 0 Å². The van der Waals surface area contributed by atoms with E-state index in [-0.39, 0.29) is 11.9 Å². The van der Waals surface area contributed by atoms with Crippen molar-refractivity contribution in [2.45, 2.75) is 109 Å². The van der Waals surface area contributed by atoms with E-state index in [1.165, 1.54) is 51.4 Å². The van der Waals surface area contributed by atoms with Crippen LogP contribution in [0.1, 0.15) is 84.5 Å². The Balaban J connectivity index is 1.39. The van der Waals surface area contributed by atoms with E-state index < -0.39 is 0 Å². The zero-order chi connectivity index (χ0) is 17.6. The number of hydrogen-bond acceptors (Lipinski definition) is 3. The maximum Gasteiger partial charge on any atom is 0.237 e. The first kappa shape index (κ1) is 19.2. The Morgan fingerprint density at radius 3 is 2.20 bits per heavy atom. The summed E-state index contributed by atoms with van der Waals surface area (Å²) >= 11 is 0. The van der Waals surface area contributed by atoms with Crippen molar-refractivity contribution < 1.29 is 9.53 Å². The maximum atomic E-state index is 12.7. The van der Waals surface area contributed by atoms with Crippen molar-refractivity contribution in [1.29, 1.82) is 0 Å². The quantitative estimate of drug-likeness (QED) is 0.818. The van der Waals surface area contributed by atoms with E-state index >= 15 is 0 Å². The van der Waals surface area contributed by atoms with Crippen molar-refractivity contribution in [2.24, 2.45) is 5.92 Å². The summed E-state index contributed by atoms with van der Waals surface area (Å²) in [5.41, 5.74) is 0. The Morgan fingerprint density at radius 2 is 1.52 bits per heavy atom. The average Bonchev–Trinajstić information content (AvgIpc) is 2.64. The number of nitrogens with one attached hydrogen (secondary N) is 1. The van der Waals surface area contributed by atoms with Crippen LogP contribution in [-0.4, -0.2) is 48.2 Å². The lowest BCUT2D eigenvalue weighted by molar-refractivity contribution is -0.129. The molecule has 1 heterocycles. The molecule has 0 spiro atoms. The third-order valence-corrected chi connectivity index (χ3v) is 6.78. The summed E-state index contributed by atoms with van der Waals surface area (Å²) in [5.74, 6) is 0.852. The Hall–Kier alpha value is -0.610. The first-order valence-electron chi connectivity index (χ1n) is 10.8. The van der Waals surface area contributed by atoms with Gasteiger partial charge >= 0.3 is 0 Å². The number of carbonyl (C=O) groups is 1. The van der Waals surface area contributed by atoms with Gasteiger partial charge in [-0.1, -0.05) is 39.0 Å². The molecule has 0 aromatic rings. The lowest BCUT2D eigenvalue weighted by Crippen LogP contribution is -2.52. The highest BCUT2D eigenvalue weighted by molar-refractivity contribution is 5.81. The summed E-state index contributed by atoms with van der Waals surface area (Å²) in [5, 5.41) is 3.33. The van der Waals surface area contributed by atoms with E-state index in [0.29, 0.717) is 24.2 Å². The van der Waals surface area contributed by atoms with Gasteiger partial charge in [0.25, 0.3) is 0 Å². The van der Waals surface area contributed by atoms with Gasteiger partial charge in [-0.3, -0.25) is 9.69 Å². The molecule has 3 rings (SSSR count). The third kappa shape index (κ3) is 5.43. The number of piperidine rings is 1. The van der Waals surface area contributed by atoms with Gasteiger partial charge < -0.3 is 10.1 Å². The predicted molar refractivity (Wildman–Crippen MR) is 102 cm³/mol. The summed E-state index contributed by atoms with van der Waals surface area (Å²) in [6, 6.07) is 0.376. The van der Waals surface area contributed by atoms with Crippen LogP contribution in [0.5, 0.6) is 0 Å². The lowest BCUT2D eigenvalue weighted by Gasteiger charge is -2.38. The van der Waals surface area contributed by atoms with Gasteiger partial charge in [-0.2, -0.15) is 0 Å². The summed E-state index contributed by atoms with van der Waals surface area (Å²) in [7, 11) is 0. The standard InChI is InChI=1S/C21H38N2O2/c1-16-8-6-7-11-20(16)22-21(24)17(2)23-14-12-19(13-15-23)25-18-9-4-3-5-10-18/h16-20H,3-15H2,1-2H3,(H,22,24). The van der Waals surface area contributed by atoms with Gasteiger partial charge in [-0.25, -0.2) is 0 Å². The summed E-state index contributed by atoms with van der Waals surface area (Å²) in [6.07, 6.45) is 14.6. The lowest BCUT2D eigenvalue weighted by atomic mass is 9.86. The van der Waals surface area contributed by atoms with Gasteiger partial charge in [0.05, 0.1) is 18.2 Å². The number of rotatable bonds is 5. The summed E-state index contributed by atoms with van der Waals surface area (Å²) < 4.78 is 6.33. The van der Waals surface area contributed by atoms with Crippen LogP contribution in [0, 0.1) is 5.92 Å². The van der Waals surface area contributed by atoms with E-state index in [1.54, 1.807) is 0 Å². The molecule has 3 unspecified atom stereocenters.